The van der Waals surface area contributed by atoms with Gasteiger partial charge >= 0.3 is 0 Å². The summed E-state index contributed by atoms with van der Waals surface area (Å²) in [5, 5.41) is 2.50. The van der Waals surface area contributed by atoms with Gasteiger partial charge in [0, 0.05) is 11.8 Å². The molecule has 5 rings (SSSR count). The number of benzene rings is 3. The summed E-state index contributed by atoms with van der Waals surface area (Å²) in [5.74, 6) is 0.499. The first-order valence-electron chi connectivity index (χ1n) is 12.7. The molecule has 0 N–H and O–H groups in total. The van der Waals surface area contributed by atoms with Gasteiger partial charge in [-0.1, -0.05) is 128 Å². The molecule has 0 saturated heterocycles. The smallest absolute Gasteiger partial charge is 0.0131 e. The highest BCUT2D eigenvalue weighted by molar-refractivity contribution is 5.90. The summed E-state index contributed by atoms with van der Waals surface area (Å²) in [4.78, 5) is 0. The first-order valence-corrected chi connectivity index (χ1v) is 12.7. The average Bonchev–Trinajstić information content (AvgIpc) is 2.93. The third kappa shape index (κ3) is 5.09. The van der Waals surface area contributed by atoms with Gasteiger partial charge in [0.15, 0.2) is 0 Å². The monoisotopic (exact) mass is 464 g/mol. The van der Waals surface area contributed by atoms with Gasteiger partial charge in [0.05, 0.1) is 0 Å². The Kier molecular flexibility index (Phi) is 7.24. The van der Waals surface area contributed by atoms with Crippen LogP contribution in [0.15, 0.2) is 147 Å². The summed E-state index contributed by atoms with van der Waals surface area (Å²) in [5.41, 5.74) is 7.57. The van der Waals surface area contributed by atoms with Crippen LogP contribution in [0.25, 0.3) is 27.5 Å². The van der Waals surface area contributed by atoms with E-state index in [-0.39, 0.29) is 11.8 Å². The summed E-state index contributed by atoms with van der Waals surface area (Å²) in [7, 11) is 0. The zero-order chi connectivity index (χ0) is 24.7. The maximum Gasteiger partial charge on any atom is 0.0131 e. The number of hydrogen-bond acceptors (Lipinski definition) is 0. The van der Waals surface area contributed by atoms with E-state index in [1.165, 1.54) is 38.6 Å². The molecule has 0 heteroatoms. The lowest BCUT2D eigenvalue weighted by atomic mass is 9.74. The van der Waals surface area contributed by atoms with Crippen molar-refractivity contribution in [3.05, 3.63) is 163 Å². The number of fused-ring (bicyclic) bond motifs is 2. The Balaban J connectivity index is 1.55. The van der Waals surface area contributed by atoms with Crippen molar-refractivity contribution in [3.63, 3.8) is 0 Å². The third-order valence-corrected chi connectivity index (χ3v) is 7.08. The molecule has 0 heterocycles. The Labute approximate surface area is 215 Å². The van der Waals surface area contributed by atoms with Gasteiger partial charge in [0.1, 0.15) is 0 Å². The van der Waals surface area contributed by atoms with E-state index in [0.717, 1.165) is 18.4 Å². The Morgan fingerprint density at radius 1 is 0.667 bits per heavy atom. The third-order valence-electron chi connectivity index (χ3n) is 7.08. The standard InChI is InChI=1S/C36H32/c1-3-4-14-27(2)29-21-22-31-26-32(24-23-30(31)25-29)34-18-11-6-5-10-17-33(28-15-8-7-9-16-28)35-19-12-13-20-36(34)35/h3,5-13,15-26,35-36H,1-2,4,14H2/b10-5-,11-6-,33-17+,34-18+. The lowest BCUT2D eigenvalue weighted by Gasteiger charge is -2.30. The Morgan fingerprint density at radius 2 is 1.31 bits per heavy atom. The largest absolute Gasteiger partial charge is 0.103 e. The molecule has 0 aliphatic heterocycles. The molecule has 2 aliphatic carbocycles. The van der Waals surface area contributed by atoms with Crippen molar-refractivity contribution in [3.8, 4) is 0 Å². The Bertz CT molecular complexity index is 1450. The summed E-state index contributed by atoms with van der Waals surface area (Å²) < 4.78 is 0. The molecule has 0 fully saturated rings. The average molecular weight is 465 g/mol. The lowest BCUT2D eigenvalue weighted by molar-refractivity contribution is 0.701. The van der Waals surface area contributed by atoms with Gasteiger partial charge < -0.3 is 0 Å². The van der Waals surface area contributed by atoms with Gasteiger partial charge in [-0.25, -0.2) is 0 Å². The zero-order valence-electron chi connectivity index (χ0n) is 20.7. The normalized spacial score (nSPS) is 23.6. The van der Waals surface area contributed by atoms with Crippen LogP contribution >= 0.6 is 0 Å². The van der Waals surface area contributed by atoms with Crippen LogP contribution in [0.3, 0.4) is 0 Å². The quantitative estimate of drug-likeness (QED) is 0.318. The Morgan fingerprint density at radius 3 is 2.00 bits per heavy atom. The SMILES string of the molecule is C=CCCC(=C)c1ccc2cc(\C3=C/C=C\C=C/C=C(\c4ccccc4)C4C=CC=CC34)ccc2c1. The maximum atomic E-state index is 4.28. The minimum Gasteiger partial charge on any atom is -0.103 e. The summed E-state index contributed by atoms with van der Waals surface area (Å²) in [6.45, 7) is 8.12. The van der Waals surface area contributed by atoms with Gasteiger partial charge in [-0.15, -0.1) is 6.58 Å². The molecule has 0 nitrogen and oxygen atoms in total. The van der Waals surface area contributed by atoms with E-state index < -0.39 is 0 Å². The number of rotatable bonds is 6. The molecule has 2 aliphatic rings. The van der Waals surface area contributed by atoms with Crippen LogP contribution in [-0.4, -0.2) is 0 Å². The van der Waals surface area contributed by atoms with Gasteiger partial charge in [0.2, 0.25) is 0 Å². The summed E-state index contributed by atoms with van der Waals surface area (Å²) in [6, 6.07) is 24.3. The van der Waals surface area contributed by atoms with Crippen molar-refractivity contribution in [2.24, 2.45) is 11.8 Å². The highest BCUT2D eigenvalue weighted by atomic mass is 14.3. The second-order valence-corrected chi connectivity index (χ2v) is 9.41. The van der Waals surface area contributed by atoms with E-state index >= 15 is 0 Å². The fourth-order valence-electron chi connectivity index (χ4n) is 5.14. The van der Waals surface area contributed by atoms with Crippen molar-refractivity contribution < 1.29 is 0 Å². The number of allylic oxidation sites excluding steroid dienone is 14. The molecule has 176 valence electrons. The molecule has 2 atom stereocenters. The van der Waals surface area contributed by atoms with Crippen molar-refractivity contribution in [1.82, 2.24) is 0 Å². The molecule has 0 spiro atoms. The summed E-state index contributed by atoms with van der Waals surface area (Å²) >= 11 is 0. The molecule has 0 amide bonds. The number of hydrogen-bond donors (Lipinski definition) is 0. The molecular weight excluding hydrogens is 432 g/mol. The highest BCUT2D eigenvalue weighted by Gasteiger charge is 2.27. The summed E-state index contributed by atoms with van der Waals surface area (Å²) in [6.07, 6.45) is 26.0. The second-order valence-electron chi connectivity index (χ2n) is 9.41. The van der Waals surface area contributed by atoms with Crippen LogP contribution in [0, 0.1) is 11.8 Å². The predicted octanol–water partition coefficient (Wildman–Crippen LogP) is 9.77. The lowest BCUT2D eigenvalue weighted by Crippen LogP contribution is -2.17. The molecule has 0 radical (unpaired) electrons. The van der Waals surface area contributed by atoms with Gasteiger partial charge in [-0.3, -0.25) is 0 Å². The van der Waals surface area contributed by atoms with Crippen LogP contribution < -0.4 is 0 Å². The fraction of sp³-hybridized carbons (Fsp3) is 0.111. The zero-order valence-corrected chi connectivity index (χ0v) is 20.7. The van der Waals surface area contributed by atoms with E-state index in [4.69, 9.17) is 0 Å². The van der Waals surface area contributed by atoms with Crippen molar-refractivity contribution >= 4 is 27.5 Å². The fourth-order valence-corrected chi connectivity index (χ4v) is 5.14. The van der Waals surface area contributed by atoms with Gasteiger partial charge in [-0.2, -0.15) is 0 Å². The first kappa shape index (κ1) is 23.6. The van der Waals surface area contributed by atoms with E-state index in [2.05, 4.69) is 141 Å². The van der Waals surface area contributed by atoms with E-state index in [9.17, 15) is 0 Å². The minimum atomic E-state index is 0.244. The maximum absolute atomic E-state index is 4.28. The van der Waals surface area contributed by atoms with Gasteiger partial charge in [-0.05, 0) is 69.2 Å². The predicted molar refractivity (Wildman–Crippen MR) is 158 cm³/mol. The van der Waals surface area contributed by atoms with Crippen LogP contribution in [0.5, 0.6) is 0 Å². The van der Waals surface area contributed by atoms with Crippen LogP contribution in [0.1, 0.15) is 29.5 Å². The van der Waals surface area contributed by atoms with E-state index in [0.29, 0.717) is 0 Å². The van der Waals surface area contributed by atoms with Crippen LogP contribution in [0.2, 0.25) is 0 Å². The van der Waals surface area contributed by atoms with Gasteiger partial charge in [0.25, 0.3) is 0 Å². The molecule has 2 unspecified atom stereocenters. The highest BCUT2D eigenvalue weighted by Crippen LogP contribution is 2.41. The topological polar surface area (TPSA) is 0 Å². The van der Waals surface area contributed by atoms with E-state index in [1.807, 2.05) is 6.08 Å². The van der Waals surface area contributed by atoms with E-state index in [1.54, 1.807) is 0 Å². The van der Waals surface area contributed by atoms with Crippen molar-refractivity contribution in [2.75, 3.05) is 0 Å². The second kappa shape index (κ2) is 11.1. The minimum absolute atomic E-state index is 0.244. The molecule has 0 bridgehead atoms. The molecule has 0 saturated carbocycles. The van der Waals surface area contributed by atoms with Crippen molar-refractivity contribution in [1.29, 1.82) is 0 Å². The van der Waals surface area contributed by atoms with Crippen LogP contribution in [-0.2, 0) is 0 Å². The molecule has 0 aromatic heterocycles. The first-order chi connectivity index (χ1) is 17.7. The molecule has 3 aromatic rings. The molecule has 36 heavy (non-hydrogen) atoms. The molecule has 3 aromatic carbocycles. The Hall–Kier alpha value is -4.16. The van der Waals surface area contributed by atoms with Crippen LogP contribution in [0.4, 0.5) is 0 Å². The molecular formula is C36H32. The van der Waals surface area contributed by atoms with Crippen molar-refractivity contribution in [2.45, 2.75) is 12.8 Å².